The van der Waals surface area contributed by atoms with Gasteiger partial charge in [0.15, 0.2) is 0 Å². The Labute approximate surface area is 214 Å². The van der Waals surface area contributed by atoms with E-state index in [1.54, 1.807) is 24.3 Å². The highest BCUT2D eigenvalue weighted by atomic mass is 79.9. The molecule has 0 aromatic heterocycles. The summed E-state index contributed by atoms with van der Waals surface area (Å²) in [6.07, 6.45) is 0.842. The molecule has 0 radical (unpaired) electrons. The van der Waals surface area contributed by atoms with Crippen molar-refractivity contribution in [3.05, 3.63) is 105 Å². The Morgan fingerprint density at radius 3 is 2.46 bits per heavy atom. The SMILES string of the molecule is Cc1ccc2c(c1)C1C[N+](C)(Cc3ccc([N+](=O)[O-])cc3)CCC1N2C(=O)c1ccc(F)cc1.[Br-]. The standard InChI is InChI=1S/C27H27FN3O3.BrH/c1-18-3-12-25-23(15-18)24-17-31(2,16-19-4-10-22(11-5-19)30(33)34)14-13-26(24)29(25)27(32)20-6-8-21(28)9-7-20;/h3-12,15,24,26H,13-14,16-17H2,1-2H3;1H/q+1;/p-1. The Morgan fingerprint density at radius 2 is 1.80 bits per heavy atom. The maximum absolute atomic E-state index is 13.5. The summed E-state index contributed by atoms with van der Waals surface area (Å²) in [5.74, 6) is -0.260. The molecule has 3 unspecified atom stereocenters. The molecule has 3 aromatic rings. The first-order valence-corrected chi connectivity index (χ1v) is 11.5. The quantitative estimate of drug-likeness (QED) is 0.290. The number of nitro groups is 1. The number of rotatable bonds is 4. The predicted octanol–water partition coefficient (Wildman–Crippen LogP) is 2.21. The lowest BCUT2D eigenvalue weighted by molar-refractivity contribution is -0.928. The predicted molar refractivity (Wildman–Crippen MR) is 128 cm³/mol. The van der Waals surface area contributed by atoms with E-state index < -0.39 is 0 Å². The number of amides is 1. The Hall–Kier alpha value is -3.10. The average molecular weight is 540 g/mol. The number of anilines is 1. The molecular weight excluding hydrogens is 513 g/mol. The number of aryl methyl sites for hydroxylation is 1. The van der Waals surface area contributed by atoms with Crippen LogP contribution in [0.5, 0.6) is 0 Å². The van der Waals surface area contributed by atoms with Crippen molar-refractivity contribution in [3.63, 3.8) is 0 Å². The minimum atomic E-state index is -0.379. The highest BCUT2D eigenvalue weighted by Gasteiger charge is 2.49. The molecule has 5 rings (SSSR count). The minimum Gasteiger partial charge on any atom is -1.00 e. The molecular formula is C27H27BrFN3O3. The van der Waals surface area contributed by atoms with Crippen LogP contribution in [0.1, 0.15) is 39.4 Å². The van der Waals surface area contributed by atoms with E-state index in [-0.39, 0.29) is 51.3 Å². The van der Waals surface area contributed by atoms with Crippen LogP contribution in [0.3, 0.4) is 0 Å². The van der Waals surface area contributed by atoms with E-state index in [0.29, 0.717) is 5.56 Å². The van der Waals surface area contributed by atoms with Gasteiger partial charge in [-0.1, -0.05) is 17.7 Å². The van der Waals surface area contributed by atoms with Crippen LogP contribution in [0.2, 0.25) is 0 Å². The molecule has 8 heteroatoms. The van der Waals surface area contributed by atoms with E-state index in [1.165, 1.54) is 17.7 Å². The first kappa shape index (κ1) is 25.0. The number of benzene rings is 3. The van der Waals surface area contributed by atoms with Crippen molar-refractivity contribution in [2.45, 2.75) is 31.8 Å². The van der Waals surface area contributed by atoms with Crippen LogP contribution < -0.4 is 21.9 Å². The number of likely N-dealkylation sites (tertiary alicyclic amines) is 1. The third kappa shape index (κ3) is 4.73. The number of piperidine rings is 1. The molecule has 3 aromatic carbocycles. The van der Waals surface area contributed by atoms with Crippen molar-refractivity contribution >= 4 is 17.3 Å². The van der Waals surface area contributed by atoms with Gasteiger partial charge in [0, 0.05) is 35.4 Å². The number of nitro benzene ring substituents is 1. The summed E-state index contributed by atoms with van der Waals surface area (Å²) in [4.78, 5) is 26.1. The van der Waals surface area contributed by atoms with Gasteiger partial charge in [-0.2, -0.15) is 0 Å². The van der Waals surface area contributed by atoms with Crippen LogP contribution in [0, 0.1) is 22.9 Å². The number of halogens is 2. The van der Waals surface area contributed by atoms with E-state index in [9.17, 15) is 19.3 Å². The van der Waals surface area contributed by atoms with Crippen LogP contribution in [0.15, 0.2) is 66.7 Å². The number of carbonyl (C=O) groups is 1. The van der Waals surface area contributed by atoms with Gasteiger partial charge in [0.2, 0.25) is 0 Å². The van der Waals surface area contributed by atoms with E-state index >= 15 is 0 Å². The zero-order chi connectivity index (χ0) is 24.0. The van der Waals surface area contributed by atoms with Crippen molar-refractivity contribution in [1.82, 2.24) is 0 Å². The van der Waals surface area contributed by atoms with Crippen LogP contribution in [0.25, 0.3) is 0 Å². The molecule has 1 amide bonds. The van der Waals surface area contributed by atoms with Gasteiger partial charge in [-0.25, -0.2) is 4.39 Å². The lowest BCUT2D eigenvalue weighted by atomic mass is 9.87. The largest absolute Gasteiger partial charge is 1.00 e. The number of hydrogen-bond acceptors (Lipinski definition) is 3. The van der Waals surface area contributed by atoms with Gasteiger partial charge in [0.1, 0.15) is 12.4 Å². The van der Waals surface area contributed by atoms with E-state index in [0.717, 1.165) is 47.4 Å². The van der Waals surface area contributed by atoms with Crippen LogP contribution >= 0.6 is 0 Å². The van der Waals surface area contributed by atoms with Gasteiger partial charge in [-0.15, -0.1) is 0 Å². The lowest BCUT2D eigenvalue weighted by Crippen LogP contribution is -3.00. The first-order chi connectivity index (χ1) is 16.2. The molecule has 3 atom stereocenters. The summed E-state index contributed by atoms with van der Waals surface area (Å²) in [6, 6.07) is 18.9. The topological polar surface area (TPSA) is 63.5 Å². The fraction of sp³-hybridized carbons (Fsp3) is 0.296. The van der Waals surface area contributed by atoms with E-state index in [2.05, 4.69) is 20.0 Å². The van der Waals surface area contributed by atoms with Gasteiger partial charge in [0.25, 0.3) is 11.6 Å². The molecule has 0 aliphatic carbocycles. The molecule has 6 nitrogen and oxygen atoms in total. The summed E-state index contributed by atoms with van der Waals surface area (Å²) < 4.78 is 14.2. The smallest absolute Gasteiger partial charge is 0.269 e. The highest BCUT2D eigenvalue weighted by Crippen LogP contribution is 2.47. The molecule has 1 fully saturated rings. The minimum absolute atomic E-state index is 0. The van der Waals surface area contributed by atoms with Crippen LogP contribution in [-0.2, 0) is 6.54 Å². The van der Waals surface area contributed by atoms with Gasteiger partial charge in [0.05, 0.1) is 37.0 Å². The summed E-state index contributed by atoms with van der Waals surface area (Å²) >= 11 is 0. The Kier molecular flexibility index (Phi) is 6.79. The molecule has 0 spiro atoms. The van der Waals surface area contributed by atoms with Gasteiger partial charge in [-0.05, 0) is 55.0 Å². The van der Waals surface area contributed by atoms with Gasteiger partial charge in [-0.3, -0.25) is 14.9 Å². The Morgan fingerprint density at radius 1 is 1.11 bits per heavy atom. The van der Waals surface area contributed by atoms with Crippen molar-refractivity contribution in [2.75, 3.05) is 25.0 Å². The third-order valence-corrected chi connectivity index (χ3v) is 7.26. The normalized spacial score (nSPS) is 22.7. The lowest BCUT2D eigenvalue weighted by Gasteiger charge is -2.44. The number of non-ortho nitro benzene ring substituents is 1. The van der Waals surface area contributed by atoms with Crippen molar-refractivity contribution < 1.29 is 35.6 Å². The second-order valence-electron chi connectivity index (χ2n) is 9.81. The van der Waals surface area contributed by atoms with Crippen molar-refractivity contribution in [2.24, 2.45) is 0 Å². The van der Waals surface area contributed by atoms with Gasteiger partial charge < -0.3 is 26.4 Å². The fourth-order valence-electron chi connectivity index (χ4n) is 5.62. The average Bonchev–Trinajstić information content (AvgIpc) is 3.11. The third-order valence-electron chi connectivity index (χ3n) is 7.26. The van der Waals surface area contributed by atoms with Gasteiger partial charge >= 0.3 is 0 Å². The Balaban J connectivity index is 0.00000289. The Bertz CT molecular complexity index is 1270. The molecule has 35 heavy (non-hydrogen) atoms. The zero-order valence-corrected chi connectivity index (χ0v) is 21.2. The van der Waals surface area contributed by atoms with Crippen molar-refractivity contribution in [3.8, 4) is 0 Å². The van der Waals surface area contributed by atoms with Crippen LogP contribution in [0.4, 0.5) is 15.8 Å². The number of fused-ring (bicyclic) bond motifs is 3. The monoisotopic (exact) mass is 539 g/mol. The maximum Gasteiger partial charge on any atom is 0.269 e. The first-order valence-electron chi connectivity index (χ1n) is 11.5. The number of likely N-dealkylation sites (N-methyl/N-ethyl adjacent to an activating group) is 1. The molecule has 2 heterocycles. The molecule has 1 saturated heterocycles. The van der Waals surface area contributed by atoms with Crippen molar-refractivity contribution in [1.29, 1.82) is 0 Å². The number of carbonyl (C=O) groups excluding carboxylic acids is 1. The second-order valence-corrected chi connectivity index (χ2v) is 9.81. The van der Waals surface area contributed by atoms with E-state index in [1.807, 2.05) is 29.2 Å². The second kappa shape index (κ2) is 9.51. The molecule has 0 bridgehead atoms. The highest BCUT2D eigenvalue weighted by molar-refractivity contribution is 6.08. The van der Waals surface area contributed by atoms with Crippen LogP contribution in [-0.4, -0.2) is 41.5 Å². The summed E-state index contributed by atoms with van der Waals surface area (Å²) in [6.45, 7) is 4.59. The molecule has 0 saturated carbocycles. The maximum atomic E-state index is 13.5. The summed E-state index contributed by atoms with van der Waals surface area (Å²) in [5, 5.41) is 11.0. The zero-order valence-electron chi connectivity index (χ0n) is 19.7. The summed E-state index contributed by atoms with van der Waals surface area (Å²) in [7, 11) is 2.22. The number of quaternary nitrogens is 1. The number of hydrogen-bond donors (Lipinski definition) is 0. The fourth-order valence-corrected chi connectivity index (χ4v) is 5.62. The molecule has 182 valence electrons. The number of nitrogens with zero attached hydrogens (tertiary/aromatic N) is 3. The van der Waals surface area contributed by atoms with E-state index in [4.69, 9.17) is 0 Å². The molecule has 0 N–H and O–H groups in total. The molecule has 2 aliphatic rings. The summed E-state index contributed by atoms with van der Waals surface area (Å²) in [5.41, 5.74) is 4.94. The molecule has 2 aliphatic heterocycles.